The molecule has 1 unspecified atom stereocenters. The molecule has 2 rings (SSSR count). The number of nitrogens with two attached hydrogens (primary N) is 1. The fraction of sp³-hybridized carbons (Fsp3) is 0.360. The minimum Gasteiger partial charge on any atom is -0.366 e. The van der Waals surface area contributed by atoms with E-state index in [2.05, 4.69) is 5.32 Å². The van der Waals surface area contributed by atoms with Crippen molar-refractivity contribution in [2.45, 2.75) is 57.4 Å². The molecule has 0 saturated carbocycles. The van der Waals surface area contributed by atoms with Gasteiger partial charge in [0.15, 0.2) is 0 Å². The first-order valence-electron chi connectivity index (χ1n) is 11.2. The summed E-state index contributed by atoms with van der Waals surface area (Å²) in [5.74, 6) is -4.29. The zero-order valence-corrected chi connectivity index (χ0v) is 22.3. The van der Waals surface area contributed by atoms with Crippen molar-refractivity contribution in [3.05, 3.63) is 73.2 Å². The summed E-state index contributed by atoms with van der Waals surface area (Å²) in [6.07, 6.45) is -7.40. The summed E-state index contributed by atoms with van der Waals surface area (Å²) in [5.41, 5.74) is 1.51. The van der Waals surface area contributed by atoms with E-state index in [0.717, 1.165) is 30.3 Å². The third kappa shape index (κ3) is 7.80. The van der Waals surface area contributed by atoms with Crippen LogP contribution in [0.25, 0.3) is 6.08 Å². The maximum absolute atomic E-state index is 14.2. The van der Waals surface area contributed by atoms with Crippen LogP contribution in [-0.4, -0.2) is 18.0 Å². The summed E-state index contributed by atoms with van der Waals surface area (Å²) >= 11 is 17.6. The molecule has 0 spiro atoms. The van der Waals surface area contributed by atoms with Gasteiger partial charge in [-0.2, -0.15) is 26.3 Å². The van der Waals surface area contributed by atoms with Gasteiger partial charge < -0.3 is 11.1 Å². The Morgan fingerprint density at radius 2 is 1.63 bits per heavy atom. The average Bonchev–Trinajstić information content (AvgIpc) is 2.79. The summed E-state index contributed by atoms with van der Waals surface area (Å²) in [6, 6.07) is 2.38. The number of hydrogen-bond donors (Lipinski definition) is 2. The number of allylic oxidation sites excluding steroid dienone is 1. The van der Waals surface area contributed by atoms with Crippen molar-refractivity contribution in [3.8, 4) is 0 Å². The minimum absolute atomic E-state index is 0.0249. The van der Waals surface area contributed by atoms with Gasteiger partial charge in [0.2, 0.25) is 11.8 Å². The van der Waals surface area contributed by atoms with Crippen LogP contribution in [0.15, 0.2) is 30.3 Å². The second kappa shape index (κ2) is 12.6. The molecule has 2 atom stereocenters. The lowest BCUT2D eigenvalue weighted by atomic mass is 9.89. The van der Waals surface area contributed by atoms with Crippen LogP contribution in [0.3, 0.4) is 0 Å². The zero-order chi connectivity index (χ0) is 29.0. The van der Waals surface area contributed by atoms with Gasteiger partial charge in [0.1, 0.15) is 0 Å². The number of benzene rings is 2. The van der Waals surface area contributed by atoms with Crippen molar-refractivity contribution in [2.24, 2.45) is 5.73 Å². The Morgan fingerprint density at radius 1 is 1.05 bits per heavy atom. The molecule has 0 bridgehead atoms. The molecule has 4 nitrogen and oxygen atoms in total. The highest BCUT2D eigenvalue weighted by atomic mass is 35.5. The predicted molar refractivity (Wildman–Crippen MR) is 135 cm³/mol. The van der Waals surface area contributed by atoms with E-state index >= 15 is 0 Å². The van der Waals surface area contributed by atoms with Gasteiger partial charge >= 0.3 is 12.4 Å². The Hall–Kier alpha value is -2.43. The smallest absolute Gasteiger partial charge is 0.366 e. The lowest BCUT2D eigenvalue weighted by molar-refractivity contribution is -0.140. The summed E-state index contributed by atoms with van der Waals surface area (Å²) in [7, 11) is 0. The number of unbranched alkanes of at least 4 members (excludes halogenated alkanes) is 1. The van der Waals surface area contributed by atoms with E-state index in [1.165, 1.54) is 6.92 Å². The molecule has 208 valence electrons. The normalized spacial score (nSPS) is 14.0. The lowest BCUT2D eigenvalue weighted by Crippen LogP contribution is -2.30. The number of rotatable bonds is 9. The van der Waals surface area contributed by atoms with E-state index in [9.17, 15) is 35.9 Å². The van der Waals surface area contributed by atoms with Crippen molar-refractivity contribution >= 4 is 52.7 Å². The first-order valence-corrected chi connectivity index (χ1v) is 12.3. The second-order valence-corrected chi connectivity index (χ2v) is 9.62. The summed E-state index contributed by atoms with van der Waals surface area (Å²) in [4.78, 5) is 24.1. The van der Waals surface area contributed by atoms with Gasteiger partial charge in [-0.15, -0.1) is 0 Å². The van der Waals surface area contributed by atoms with E-state index < -0.39 is 58.4 Å². The molecule has 0 aromatic heterocycles. The lowest BCUT2D eigenvalue weighted by Gasteiger charge is -2.24. The molecule has 0 aliphatic carbocycles. The van der Waals surface area contributed by atoms with Crippen molar-refractivity contribution in [1.82, 2.24) is 5.32 Å². The predicted octanol–water partition coefficient (Wildman–Crippen LogP) is 8.49. The number of primary amides is 1. The number of alkyl halides is 6. The molecule has 3 N–H and O–H groups in total. The molecule has 0 aliphatic heterocycles. The molecular formula is C25H23Cl3F6N2O2. The highest BCUT2D eigenvalue weighted by Crippen LogP contribution is 2.43. The van der Waals surface area contributed by atoms with Gasteiger partial charge in [0, 0.05) is 6.42 Å². The van der Waals surface area contributed by atoms with Crippen molar-refractivity contribution in [2.75, 3.05) is 0 Å². The SMILES string of the molecule is CCCCC(=O)N[C@H](C)c1c(/C=C/C(c2cc(Cl)c(Cl)c(Cl)c2)C(F)(F)F)ccc(C(N)=O)c1C(F)(F)F. The largest absolute Gasteiger partial charge is 0.417 e. The van der Waals surface area contributed by atoms with E-state index in [0.29, 0.717) is 18.9 Å². The van der Waals surface area contributed by atoms with Gasteiger partial charge in [0.05, 0.1) is 38.2 Å². The number of nitrogens with one attached hydrogen (secondary N) is 1. The van der Waals surface area contributed by atoms with Crippen LogP contribution in [-0.2, 0) is 11.0 Å². The van der Waals surface area contributed by atoms with E-state index in [1.807, 2.05) is 6.92 Å². The van der Waals surface area contributed by atoms with Gasteiger partial charge in [-0.05, 0) is 48.2 Å². The Bertz CT molecular complexity index is 1210. The first kappa shape index (κ1) is 31.8. The van der Waals surface area contributed by atoms with Crippen LogP contribution in [0, 0.1) is 0 Å². The third-order valence-corrected chi connectivity index (χ3v) is 6.78. The Morgan fingerprint density at radius 3 is 2.11 bits per heavy atom. The third-order valence-electron chi connectivity index (χ3n) is 5.58. The number of carbonyl (C=O) groups is 2. The van der Waals surface area contributed by atoms with Gasteiger partial charge in [-0.1, -0.05) is 66.4 Å². The molecule has 0 radical (unpaired) electrons. The molecule has 38 heavy (non-hydrogen) atoms. The van der Waals surface area contributed by atoms with Crippen LogP contribution in [0.1, 0.15) is 77.7 Å². The van der Waals surface area contributed by atoms with Gasteiger partial charge in [0.25, 0.3) is 0 Å². The fourth-order valence-electron chi connectivity index (χ4n) is 3.85. The Balaban J connectivity index is 2.74. The summed E-state index contributed by atoms with van der Waals surface area (Å²) in [5, 5.41) is 1.78. The van der Waals surface area contributed by atoms with Crippen molar-refractivity contribution in [1.29, 1.82) is 0 Å². The van der Waals surface area contributed by atoms with Gasteiger partial charge in [-0.25, -0.2) is 0 Å². The second-order valence-electron chi connectivity index (χ2n) is 8.42. The number of amides is 2. The summed E-state index contributed by atoms with van der Waals surface area (Å²) in [6.45, 7) is 3.05. The fourth-order valence-corrected chi connectivity index (χ4v) is 4.46. The summed E-state index contributed by atoms with van der Waals surface area (Å²) < 4.78 is 84.5. The van der Waals surface area contributed by atoms with Crippen molar-refractivity contribution < 1.29 is 35.9 Å². The monoisotopic (exact) mass is 602 g/mol. The average molecular weight is 604 g/mol. The Labute approximate surface area is 230 Å². The highest BCUT2D eigenvalue weighted by Gasteiger charge is 2.41. The topological polar surface area (TPSA) is 72.2 Å². The number of hydrogen-bond acceptors (Lipinski definition) is 2. The molecule has 2 aromatic carbocycles. The molecule has 13 heteroatoms. The van der Waals surface area contributed by atoms with Crippen LogP contribution in [0.4, 0.5) is 26.3 Å². The van der Waals surface area contributed by atoms with Crippen LogP contribution in [0.2, 0.25) is 15.1 Å². The maximum atomic E-state index is 14.2. The molecule has 0 saturated heterocycles. The van der Waals surface area contributed by atoms with E-state index in [1.54, 1.807) is 0 Å². The first-order chi connectivity index (χ1) is 17.5. The van der Waals surface area contributed by atoms with Crippen LogP contribution < -0.4 is 11.1 Å². The van der Waals surface area contributed by atoms with Crippen molar-refractivity contribution in [3.63, 3.8) is 0 Å². The number of halogens is 9. The van der Waals surface area contributed by atoms with Crippen LogP contribution >= 0.6 is 34.8 Å². The van der Waals surface area contributed by atoms with E-state index in [4.69, 9.17) is 40.5 Å². The zero-order valence-electron chi connectivity index (χ0n) is 20.0. The molecule has 0 aliphatic rings. The quantitative estimate of drug-likeness (QED) is 0.223. The van der Waals surface area contributed by atoms with E-state index in [-0.39, 0.29) is 27.1 Å². The maximum Gasteiger partial charge on any atom is 0.417 e. The molecule has 2 aromatic rings. The van der Waals surface area contributed by atoms with Gasteiger partial charge in [-0.3, -0.25) is 9.59 Å². The molecule has 2 amide bonds. The standard InChI is InChI=1S/C25H23Cl3F6N2O2/c1-3-4-5-19(37)36-12(2)20-13(6-8-15(23(35)38)21(20)25(32,33)34)7-9-16(24(29,30)31)14-10-17(26)22(28)18(27)11-14/h6-12,16H,3-5H2,1-2H3,(H2,35,38)(H,36,37)/b9-7+/t12-,16?/m1/s1. The minimum atomic E-state index is -5.12. The molecule has 0 fully saturated rings. The number of carbonyl (C=O) groups excluding carboxylic acids is 2. The molecule has 0 heterocycles. The Kier molecular flexibility index (Phi) is 10.6. The van der Waals surface area contributed by atoms with Crippen LogP contribution in [0.5, 0.6) is 0 Å². The highest BCUT2D eigenvalue weighted by molar-refractivity contribution is 6.48. The molecular weight excluding hydrogens is 581 g/mol.